The quantitative estimate of drug-likeness (QED) is 0.0570. The molecule has 1 fully saturated rings. The average Bonchev–Trinajstić information content (AvgIpc) is 3.37. The summed E-state index contributed by atoms with van der Waals surface area (Å²) in [6, 6.07) is -6.47. The van der Waals surface area contributed by atoms with Crippen LogP contribution in [0.4, 0.5) is 0 Å². The van der Waals surface area contributed by atoms with Crippen LogP contribution in [0.1, 0.15) is 57.8 Å². The van der Waals surface area contributed by atoms with Gasteiger partial charge in [-0.2, -0.15) is 11.8 Å². The monoisotopic (exact) mass is 631 g/mol. The van der Waals surface area contributed by atoms with Gasteiger partial charge in [0.15, 0.2) is 0 Å². The lowest BCUT2D eigenvalue weighted by molar-refractivity contribution is -0.142. The van der Waals surface area contributed by atoms with Gasteiger partial charge in [-0.1, -0.05) is 0 Å². The normalized spacial score (nSPS) is 17.0. The summed E-state index contributed by atoms with van der Waals surface area (Å²) in [5.41, 5.74) is 10.8. The largest absolute Gasteiger partial charge is 0.481 e. The van der Waals surface area contributed by atoms with Gasteiger partial charge in [0.1, 0.15) is 30.2 Å². The molecule has 1 heterocycles. The summed E-state index contributed by atoms with van der Waals surface area (Å²) < 4.78 is 0. The predicted octanol–water partition coefficient (Wildman–Crippen LogP) is -3.09. The Kier molecular flexibility index (Phi) is 16.6. The van der Waals surface area contributed by atoms with Gasteiger partial charge in [0.2, 0.25) is 35.4 Å². The van der Waals surface area contributed by atoms with Gasteiger partial charge in [-0.3, -0.25) is 33.6 Å². The number of carbonyl (C=O) groups excluding carboxylic acids is 6. The lowest BCUT2D eigenvalue weighted by Gasteiger charge is -2.26. The molecule has 6 amide bonds. The molecule has 18 heteroatoms. The van der Waals surface area contributed by atoms with Crippen molar-refractivity contribution in [3.63, 3.8) is 0 Å². The van der Waals surface area contributed by atoms with Crippen molar-refractivity contribution in [2.24, 2.45) is 11.5 Å². The molecule has 17 nitrogen and oxygen atoms in total. The lowest BCUT2D eigenvalue weighted by atomic mass is 10.0. The molecular formula is C25H41N7O10S. The molecular weight excluding hydrogens is 590 g/mol. The second-order valence-electron chi connectivity index (χ2n) is 9.91. The van der Waals surface area contributed by atoms with Gasteiger partial charge < -0.3 is 48.3 Å². The Morgan fingerprint density at radius 1 is 0.884 bits per heavy atom. The molecule has 0 aromatic heterocycles. The molecule has 43 heavy (non-hydrogen) atoms. The van der Waals surface area contributed by atoms with E-state index in [0.717, 1.165) is 0 Å². The number of thioether (sulfide) groups is 1. The highest BCUT2D eigenvalue weighted by Gasteiger charge is 2.34. The number of nitrogens with one attached hydrogen (secondary N) is 5. The first-order valence-electron chi connectivity index (χ1n) is 13.7. The highest BCUT2D eigenvalue weighted by Crippen LogP contribution is 2.10. The number of carboxylic acid groups (broad SMARTS) is 2. The summed E-state index contributed by atoms with van der Waals surface area (Å²) in [4.78, 5) is 97.9. The van der Waals surface area contributed by atoms with Crippen LogP contribution in [-0.2, 0) is 38.4 Å². The fraction of sp³-hybridized carbons (Fsp3) is 0.680. The number of hydrogen-bond acceptors (Lipinski definition) is 10. The lowest BCUT2D eigenvalue weighted by Crippen LogP contribution is -2.59. The number of amides is 6. The van der Waals surface area contributed by atoms with Crippen molar-refractivity contribution in [2.75, 3.05) is 18.6 Å². The van der Waals surface area contributed by atoms with Gasteiger partial charge in [-0.25, -0.2) is 4.79 Å². The number of hydrogen-bond donors (Lipinski definition) is 9. The molecule has 242 valence electrons. The number of rotatable bonds is 21. The van der Waals surface area contributed by atoms with E-state index in [1.165, 1.54) is 11.8 Å². The molecule has 0 aliphatic carbocycles. The smallest absolute Gasteiger partial charge is 0.326 e. The van der Waals surface area contributed by atoms with E-state index in [9.17, 15) is 43.5 Å². The Labute approximate surface area is 252 Å². The minimum absolute atomic E-state index is 0.0173. The standard InChI is InChI=1S/C25H41N7O10S/c1-43-11-9-16(25(41)42)31-24(40)17(12-18(27)33)32-21(37)13(4-2-3-10-26)29-23(39)15(6-8-20(35)36)30-22(38)14-5-7-19(34)28-14/h13-17H,2-12,26H2,1H3,(H2,27,33)(H,28,34)(H,29,39)(H,30,38)(H,31,40)(H,32,37)(H,35,36)(H,41,42)/t13-,14-,15-,16-,17-/m0/s1. The number of nitrogens with two attached hydrogens (primary N) is 2. The Bertz CT molecular complexity index is 1040. The predicted molar refractivity (Wildman–Crippen MR) is 153 cm³/mol. The maximum atomic E-state index is 13.3. The van der Waals surface area contributed by atoms with Crippen molar-refractivity contribution in [3.05, 3.63) is 0 Å². The molecule has 1 aliphatic heterocycles. The van der Waals surface area contributed by atoms with Gasteiger partial charge in [0.05, 0.1) is 6.42 Å². The summed E-state index contributed by atoms with van der Waals surface area (Å²) in [7, 11) is 0. The van der Waals surface area contributed by atoms with E-state index in [1.54, 1.807) is 6.26 Å². The fourth-order valence-corrected chi connectivity index (χ4v) is 4.57. The molecule has 1 aliphatic rings. The summed E-state index contributed by atoms with van der Waals surface area (Å²) in [5.74, 6) is -6.94. The van der Waals surface area contributed by atoms with Crippen molar-refractivity contribution in [3.8, 4) is 0 Å². The molecule has 11 N–H and O–H groups in total. The van der Waals surface area contributed by atoms with Gasteiger partial charge in [0, 0.05) is 12.8 Å². The topological polar surface area (TPSA) is 289 Å². The van der Waals surface area contributed by atoms with E-state index < -0.39 is 84.5 Å². The molecule has 0 aromatic carbocycles. The van der Waals surface area contributed by atoms with Gasteiger partial charge in [-0.15, -0.1) is 0 Å². The number of unbranched alkanes of at least 4 members (excludes halogenated alkanes) is 1. The third kappa shape index (κ3) is 14.2. The second-order valence-corrected chi connectivity index (χ2v) is 10.9. The average molecular weight is 632 g/mol. The van der Waals surface area contributed by atoms with Crippen LogP contribution in [-0.4, -0.2) is 106 Å². The van der Waals surface area contributed by atoms with E-state index in [4.69, 9.17) is 16.6 Å². The van der Waals surface area contributed by atoms with E-state index >= 15 is 0 Å². The number of carboxylic acids is 2. The number of aliphatic carboxylic acids is 2. The highest BCUT2D eigenvalue weighted by atomic mass is 32.2. The van der Waals surface area contributed by atoms with Crippen LogP contribution >= 0.6 is 11.8 Å². The third-order valence-electron chi connectivity index (χ3n) is 6.44. The van der Waals surface area contributed by atoms with Crippen LogP contribution in [0.25, 0.3) is 0 Å². The first kappa shape index (κ1) is 37.1. The van der Waals surface area contributed by atoms with E-state index in [2.05, 4.69) is 26.6 Å². The summed E-state index contributed by atoms with van der Waals surface area (Å²) >= 11 is 1.36. The number of primary amides is 1. The fourth-order valence-electron chi connectivity index (χ4n) is 4.10. The van der Waals surface area contributed by atoms with Crippen molar-refractivity contribution in [2.45, 2.75) is 88.0 Å². The Morgan fingerprint density at radius 2 is 1.47 bits per heavy atom. The van der Waals surface area contributed by atoms with Crippen LogP contribution in [0, 0.1) is 0 Å². The molecule has 0 spiro atoms. The van der Waals surface area contributed by atoms with E-state index in [1.807, 2.05) is 0 Å². The third-order valence-corrected chi connectivity index (χ3v) is 7.08. The SMILES string of the molecule is CSCC[C@H](NC(=O)[C@H](CC(N)=O)NC(=O)[C@H](CCCCN)NC(=O)[C@H](CCC(=O)O)NC(=O)[C@@H]1CCC(=O)N1)C(=O)O. The summed E-state index contributed by atoms with van der Waals surface area (Å²) in [5, 5.41) is 30.5. The van der Waals surface area contributed by atoms with Crippen molar-refractivity contribution < 1.29 is 48.6 Å². The van der Waals surface area contributed by atoms with Gasteiger partial charge in [0.25, 0.3) is 0 Å². The van der Waals surface area contributed by atoms with Crippen LogP contribution < -0.4 is 38.1 Å². The molecule has 5 atom stereocenters. The van der Waals surface area contributed by atoms with Crippen molar-refractivity contribution in [1.82, 2.24) is 26.6 Å². The van der Waals surface area contributed by atoms with Crippen molar-refractivity contribution in [1.29, 1.82) is 0 Å². The van der Waals surface area contributed by atoms with Crippen LogP contribution in [0.3, 0.4) is 0 Å². The first-order chi connectivity index (χ1) is 20.3. The van der Waals surface area contributed by atoms with E-state index in [-0.39, 0.29) is 44.6 Å². The zero-order valence-corrected chi connectivity index (χ0v) is 24.7. The van der Waals surface area contributed by atoms with Gasteiger partial charge in [-0.05, 0) is 57.1 Å². The summed E-state index contributed by atoms with van der Waals surface area (Å²) in [6.45, 7) is 0.270. The zero-order valence-electron chi connectivity index (χ0n) is 23.9. The Balaban J connectivity index is 3.11. The van der Waals surface area contributed by atoms with Crippen LogP contribution in [0.5, 0.6) is 0 Å². The maximum Gasteiger partial charge on any atom is 0.326 e. The molecule has 0 aromatic rings. The molecule has 1 saturated heterocycles. The minimum Gasteiger partial charge on any atom is -0.481 e. The van der Waals surface area contributed by atoms with Crippen LogP contribution in [0.2, 0.25) is 0 Å². The Hall–Kier alpha value is -3.93. The van der Waals surface area contributed by atoms with Gasteiger partial charge >= 0.3 is 11.9 Å². The Morgan fingerprint density at radius 3 is 1.98 bits per heavy atom. The minimum atomic E-state index is -1.57. The second kappa shape index (κ2) is 19.3. The van der Waals surface area contributed by atoms with E-state index in [0.29, 0.717) is 18.6 Å². The van der Waals surface area contributed by atoms with Crippen LogP contribution in [0.15, 0.2) is 0 Å². The zero-order chi connectivity index (χ0) is 32.5. The molecule has 0 unspecified atom stereocenters. The molecule has 0 saturated carbocycles. The molecule has 0 radical (unpaired) electrons. The highest BCUT2D eigenvalue weighted by molar-refractivity contribution is 7.98. The maximum absolute atomic E-state index is 13.3. The molecule has 1 rings (SSSR count). The first-order valence-corrected chi connectivity index (χ1v) is 15.1. The summed E-state index contributed by atoms with van der Waals surface area (Å²) in [6.07, 6.45) is 1.45. The molecule has 0 bridgehead atoms. The number of carbonyl (C=O) groups is 8. The van der Waals surface area contributed by atoms with Crippen molar-refractivity contribution >= 4 is 59.1 Å².